The van der Waals surface area contributed by atoms with Crippen LogP contribution in [0, 0.1) is 166 Å². The maximum atomic E-state index is 2.53. The zero-order valence-corrected chi connectivity index (χ0v) is 54.0. The van der Waals surface area contributed by atoms with Crippen LogP contribution in [-0.2, 0) is 0 Å². The number of rotatable bonds is 0. The van der Waals surface area contributed by atoms with E-state index >= 15 is 0 Å². The van der Waals surface area contributed by atoms with E-state index in [9.17, 15) is 0 Å². The first-order valence-electron chi connectivity index (χ1n) is 31.5. The van der Waals surface area contributed by atoms with Gasteiger partial charge in [-0.15, -0.1) is 0 Å². The van der Waals surface area contributed by atoms with E-state index in [4.69, 9.17) is 0 Å². The number of benzene rings is 19. The predicted octanol–water partition coefficient (Wildman–Crippen LogP) is 24.8. The van der Waals surface area contributed by atoms with Crippen LogP contribution in [0.2, 0.25) is 0 Å². The number of aryl methyl sites for hydroxylation is 18. The maximum absolute atomic E-state index is 2.53. The van der Waals surface area contributed by atoms with Gasteiger partial charge in [-0.3, -0.25) is 0 Å². The molecule has 0 aliphatic carbocycles. The van der Waals surface area contributed by atoms with Gasteiger partial charge in [0.25, 0.3) is 0 Å². The molecule has 0 aromatic heterocycles. The van der Waals surface area contributed by atoms with E-state index in [1.165, 1.54) is 327 Å². The minimum Gasteiger partial charge on any atom is -0.0443 e. The SMILES string of the molecule is Cc1c(C)c(C)c2c(c1C)c1c(C)c(C)c3c4c(C)c(C)c5c6c(C)c(C)c(C)c(C)c6c6c(C)c(C)c7c8c(C)c(C)c9c%10c(C)c(C)c(C)c(C)c%10c%10c(C)c(C)c%11c%12c(C)c(C)c2c2c1c3c1c(c%122)c2c%11c%10c9c8c2c2c7c6c5c4c12. The fourth-order valence-corrected chi connectivity index (χ4v) is 20.8. The third-order valence-corrected chi connectivity index (χ3v) is 26.4. The monoisotopic (exact) mass is 1080 g/mol. The summed E-state index contributed by atoms with van der Waals surface area (Å²) in [5, 5.41) is 54.0. The fourth-order valence-electron chi connectivity index (χ4n) is 20.8. The van der Waals surface area contributed by atoms with Crippen molar-refractivity contribution in [2.75, 3.05) is 0 Å². The van der Waals surface area contributed by atoms with E-state index in [-0.39, 0.29) is 0 Å². The third-order valence-electron chi connectivity index (χ3n) is 26.4. The van der Waals surface area contributed by atoms with Crippen molar-refractivity contribution in [1.29, 1.82) is 0 Å². The molecule has 19 rings (SSSR count). The average Bonchev–Trinajstić information content (AvgIpc) is 0.637. The quantitative estimate of drug-likeness (QED) is 0.105. The normalized spacial score (nSPS) is 13.7. The van der Waals surface area contributed by atoms with Crippen LogP contribution in [0.25, 0.3) is 194 Å². The summed E-state index contributed by atoms with van der Waals surface area (Å²) >= 11 is 0. The van der Waals surface area contributed by atoms with Crippen LogP contribution >= 0.6 is 0 Å². The van der Waals surface area contributed by atoms with Crippen molar-refractivity contribution in [2.45, 2.75) is 166 Å². The zero-order chi connectivity index (χ0) is 58.6. The molecule has 0 saturated carbocycles. The fraction of sp³-hybridized carbons (Fsp3) is 0.286. The molecule has 0 heteroatoms. The number of hydrogen-bond acceptors (Lipinski definition) is 0. The second-order valence-corrected chi connectivity index (χ2v) is 28.5. The molecule has 0 nitrogen and oxygen atoms in total. The summed E-state index contributed by atoms with van der Waals surface area (Å²) in [6, 6.07) is 0. The molecular formula is C84H72. The van der Waals surface area contributed by atoms with Gasteiger partial charge in [-0.1, -0.05) is 0 Å². The van der Waals surface area contributed by atoms with E-state index in [2.05, 4.69) is 166 Å². The molecule has 0 unspecified atom stereocenters. The third kappa shape index (κ3) is 4.30. The Hall–Kier alpha value is -7.80. The highest BCUT2D eigenvalue weighted by atomic mass is 14.4. The topological polar surface area (TPSA) is 0 Å². The minimum atomic E-state index is 1.43. The van der Waals surface area contributed by atoms with Gasteiger partial charge in [0.05, 0.1) is 0 Å². The molecule has 0 spiro atoms. The van der Waals surface area contributed by atoms with Crippen molar-refractivity contribution in [3.63, 3.8) is 0 Å². The van der Waals surface area contributed by atoms with Crippen LogP contribution in [0.3, 0.4) is 0 Å². The molecule has 0 fully saturated rings. The zero-order valence-electron chi connectivity index (χ0n) is 54.0. The summed E-state index contributed by atoms with van der Waals surface area (Å²) in [6.07, 6.45) is 0. The van der Waals surface area contributed by atoms with Crippen LogP contribution in [-0.4, -0.2) is 0 Å². The van der Waals surface area contributed by atoms with E-state index < -0.39 is 0 Å². The molecule has 0 aliphatic rings. The summed E-state index contributed by atoms with van der Waals surface area (Å²) in [4.78, 5) is 0. The summed E-state index contributed by atoms with van der Waals surface area (Å²) in [5.41, 5.74) is 34.6. The van der Waals surface area contributed by atoms with Crippen molar-refractivity contribution in [2.24, 2.45) is 0 Å². The van der Waals surface area contributed by atoms with Crippen molar-refractivity contribution < 1.29 is 0 Å². The smallest absolute Gasteiger partial charge is 0.0000133 e. The minimum absolute atomic E-state index is 1.43. The first kappa shape index (κ1) is 48.6. The number of fused-ring (bicyclic) bond motifs is 12. The van der Waals surface area contributed by atoms with Crippen LogP contribution in [0.5, 0.6) is 0 Å². The number of hydrogen-bond donors (Lipinski definition) is 0. The van der Waals surface area contributed by atoms with E-state index in [1.54, 1.807) is 0 Å². The van der Waals surface area contributed by atoms with Gasteiger partial charge < -0.3 is 0 Å². The van der Waals surface area contributed by atoms with Gasteiger partial charge in [-0.05, 0) is 494 Å². The van der Waals surface area contributed by atoms with Gasteiger partial charge in [0.1, 0.15) is 0 Å². The highest BCUT2D eigenvalue weighted by Crippen LogP contribution is 2.68. The van der Waals surface area contributed by atoms with Crippen molar-refractivity contribution in [3.05, 3.63) is 134 Å². The van der Waals surface area contributed by atoms with Gasteiger partial charge in [0.2, 0.25) is 0 Å². The molecule has 0 N–H and O–H groups in total. The van der Waals surface area contributed by atoms with Gasteiger partial charge in [0, 0.05) is 0 Å². The summed E-state index contributed by atoms with van der Waals surface area (Å²) in [5.74, 6) is 0. The lowest BCUT2D eigenvalue weighted by molar-refractivity contribution is 1.25. The van der Waals surface area contributed by atoms with Crippen molar-refractivity contribution in [3.8, 4) is 0 Å². The standard InChI is InChI=1S/C84H72/c1-25-26(2)32(8)50-49(31(25)7)55-37(13)43(19)61-63-45(21)39(15)57-51-33(9)27(3)28(4)34(10)52(51)59-41(17)47(23)65-66-48(24)42(18)60-54-36(12)30(6)29(5)35(11)53(54)58-40(16)46(22)64-62-44(20)38(14)56(50)68-67(55)73(61)79-80(74(62)68)82-76(64)71(58)72(60)78(66)84(82)83-77(65)70(59)69(57)75(63)81(79)83/h1-24H3. The summed E-state index contributed by atoms with van der Waals surface area (Å²) in [6.45, 7) is 59.4. The lowest BCUT2D eigenvalue weighted by atomic mass is 9.66. The molecule has 0 radical (unpaired) electrons. The van der Waals surface area contributed by atoms with Crippen LogP contribution in [0.1, 0.15) is 134 Å². The average molecular weight is 1080 g/mol. The molecule has 0 saturated heterocycles. The second-order valence-electron chi connectivity index (χ2n) is 28.5. The first-order valence-corrected chi connectivity index (χ1v) is 31.5. The van der Waals surface area contributed by atoms with Gasteiger partial charge >= 0.3 is 0 Å². The van der Waals surface area contributed by atoms with E-state index in [1.807, 2.05) is 0 Å². The molecule has 19 aromatic carbocycles. The van der Waals surface area contributed by atoms with Gasteiger partial charge in [0.15, 0.2) is 0 Å². The molecular weight excluding hydrogens is 1010 g/mol. The highest BCUT2D eigenvalue weighted by molar-refractivity contribution is 6.67. The molecule has 19 aromatic rings. The summed E-state index contributed by atoms with van der Waals surface area (Å²) < 4.78 is 0. The van der Waals surface area contributed by atoms with Crippen LogP contribution in [0.4, 0.5) is 0 Å². The Balaban J connectivity index is 1.35. The largest absolute Gasteiger partial charge is 0.0443 e. The predicted molar refractivity (Wildman–Crippen MR) is 376 cm³/mol. The Kier molecular flexibility index (Phi) is 8.07. The Bertz CT molecular complexity index is 5480. The molecule has 0 bridgehead atoms. The van der Waals surface area contributed by atoms with E-state index in [0.717, 1.165) is 0 Å². The molecule has 84 heavy (non-hydrogen) atoms. The first-order chi connectivity index (χ1) is 39.9. The Morgan fingerprint density at radius 3 is 0.190 bits per heavy atom. The van der Waals surface area contributed by atoms with Gasteiger partial charge in [-0.2, -0.15) is 0 Å². The molecule has 0 atom stereocenters. The van der Waals surface area contributed by atoms with Crippen molar-refractivity contribution >= 4 is 194 Å². The highest BCUT2D eigenvalue weighted by Gasteiger charge is 2.40. The molecule has 408 valence electrons. The Morgan fingerprint density at radius 2 is 0.107 bits per heavy atom. The van der Waals surface area contributed by atoms with E-state index in [0.29, 0.717) is 0 Å². The van der Waals surface area contributed by atoms with Crippen LogP contribution in [0.15, 0.2) is 0 Å². The van der Waals surface area contributed by atoms with Gasteiger partial charge in [-0.25, -0.2) is 0 Å². The molecule has 0 aliphatic heterocycles. The lowest BCUT2D eigenvalue weighted by Gasteiger charge is -2.36. The Labute approximate surface area is 490 Å². The lowest BCUT2D eigenvalue weighted by Crippen LogP contribution is -2.09. The maximum Gasteiger partial charge on any atom is -0.0000133 e. The molecule has 0 heterocycles. The Morgan fingerprint density at radius 1 is 0.0595 bits per heavy atom. The van der Waals surface area contributed by atoms with Crippen molar-refractivity contribution in [1.82, 2.24) is 0 Å². The second kappa shape index (κ2) is 14.0. The molecule has 0 amide bonds. The van der Waals surface area contributed by atoms with Crippen LogP contribution < -0.4 is 0 Å². The summed E-state index contributed by atoms with van der Waals surface area (Å²) in [7, 11) is 0.